The van der Waals surface area contributed by atoms with Crippen molar-refractivity contribution in [3.05, 3.63) is 23.8 Å². The zero-order valence-corrected chi connectivity index (χ0v) is 11.1. The minimum atomic E-state index is -0.149. The van der Waals surface area contributed by atoms with Crippen molar-refractivity contribution < 1.29 is 9.53 Å². The van der Waals surface area contributed by atoms with Crippen LogP contribution in [0.3, 0.4) is 0 Å². The number of ether oxygens (including phenoxy) is 1. The minimum Gasteiger partial charge on any atom is -0.496 e. The van der Waals surface area contributed by atoms with Gasteiger partial charge in [-0.1, -0.05) is 19.9 Å². The van der Waals surface area contributed by atoms with Gasteiger partial charge in [0, 0.05) is 25.8 Å². The largest absolute Gasteiger partial charge is 0.496 e. The van der Waals surface area contributed by atoms with E-state index in [1.54, 1.807) is 21.2 Å². The molecule has 17 heavy (non-hydrogen) atoms. The predicted molar refractivity (Wildman–Crippen MR) is 69.8 cm³/mol. The van der Waals surface area contributed by atoms with Gasteiger partial charge in [-0.05, 0) is 17.5 Å². The van der Waals surface area contributed by atoms with Crippen LogP contribution in [0.1, 0.15) is 25.3 Å². The maximum absolute atomic E-state index is 11.5. The molecular weight excluding hydrogens is 216 g/mol. The van der Waals surface area contributed by atoms with Crippen LogP contribution in [0, 0.1) is 0 Å². The fraction of sp³-hybridized carbons (Fsp3) is 0.462. The summed E-state index contributed by atoms with van der Waals surface area (Å²) in [4.78, 5) is 13.0. The molecule has 0 saturated heterocycles. The van der Waals surface area contributed by atoms with E-state index in [-0.39, 0.29) is 6.03 Å². The molecule has 0 aromatic heterocycles. The van der Waals surface area contributed by atoms with Crippen LogP contribution < -0.4 is 10.1 Å². The number of hydrogen-bond acceptors (Lipinski definition) is 2. The predicted octanol–water partition coefficient (Wildman–Crippen LogP) is 2.91. The topological polar surface area (TPSA) is 41.6 Å². The Hall–Kier alpha value is -1.71. The highest BCUT2D eigenvalue weighted by Crippen LogP contribution is 2.29. The quantitative estimate of drug-likeness (QED) is 0.876. The third-order valence-electron chi connectivity index (χ3n) is 2.51. The van der Waals surface area contributed by atoms with E-state index in [9.17, 15) is 4.79 Å². The molecule has 0 atom stereocenters. The van der Waals surface area contributed by atoms with E-state index in [0.717, 1.165) is 17.0 Å². The van der Waals surface area contributed by atoms with Crippen LogP contribution in [0.5, 0.6) is 5.75 Å². The summed E-state index contributed by atoms with van der Waals surface area (Å²) in [7, 11) is 5.04. The summed E-state index contributed by atoms with van der Waals surface area (Å²) in [6.07, 6.45) is 0. The second kappa shape index (κ2) is 5.57. The van der Waals surface area contributed by atoms with E-state index in [1.807, 2.05) is 18.2 Å². The average molecular weight is 236 g/mol. The van der Waals surface area contributed by atoms with Gasteiger partial charge in [0.15, 0.2) is 0 Å². The number of rotatable bonds is 3. The van der Waals surface area contributed by atoms with E-state index in [0.29, 0.717) is 5.92 Å². The molecule has 2 amide bonds. The summed E-state index contributed by atoms with van der Waals surface area (Å²) in [6, 6.07) is 5.56. The molecule has 0 aliphatic rings. The third kappa shape index (κ3) is 3.37. The van der Waals surface area contributed by atoms with Crippen LogP contribution in [0.25, 0.3) is 0 Å². The molecule has 4 nitrogen and oxygen atoms in total. The van der Waals surface area contributed by atoms with Crippen LogP contribution in [0.2, 0.25) is 0 Å². The van der Waals surface area contributed by atoms with Gasteiger partial charge in [-0.3, -0.25) is 0 Å². The molecule has 0 bridgehead atoms. The van der Waals surface area contributed by atoms with Crippen molar-refractivity contribution in [1.82, 2.24) is 4.90 Å². The molecule has 1 N–H and O–H groups in total. The van der Waals surface area contributed by atoms with Crippen LogP contribution in [-0.4, -0.2) is 32.1 Å². The summed E-state index contributed by atoms with van der Waals surface area (Å²) in [6.45, 7) is 4.21. The van der Waals surface area contributed by atoms with Crippen LogP contribution in [0.4, 0.5) is 10.5 Å². The number of anilines is 1. The summed E-state index contributed by atoms with van der Waals surface area (Å²) in [5.41, 5.74) is 1.88. The highest BCUT2D eigenvalue weighted by Gasteiger charge is 2.10. The molecule has 0 fully saturated rings. The highest BCUT2D eigenvalue weighted by molar-refractivity contribution is 5.89. The number of amides is 2. The minimum absolute atomic E-state index is 0.149. The second-order valence-corrected chi connectivity index (χ2v) is 4.44. The van der Waals surface area contributed by atoms with Crippen molar-refractivity contribution in [2.75, 3.05) is 26.5 Å². The molecule has 0 radical (unpaired) electrons. The van der Waals surface area contributed by atoms with E-state index < -0.39 is 0 Å². The number of hydrogen-bond donors (Lipinski definition) is 1. The fourth-order valence-corrected chi connectivity index (χ4v) is 1.50. The molecule has 4 heteroatoms. The number of carbonyl (C=O) groups excluding carboxylic acids is 1. The van der Waals surface area contributed by atoms with Crippen molar-refractivity contribution in [2.45, 2.75) is 19.8 Å². The van der Waals surface area contributed by atoms with Gasteiger partial charge < -0.3 is 15.0 Å². The van der Waals surface area contributed by atoms with Gasteiger partial charge in [-0.2, -0.15) is 0 Å². The Balaban J connectivity index is 2.94. The van der Waals surface area contributed by atoms with Gasteiger partial charge in [0.2, 0.25) is 0 Å². The summed E-state index contributed by atoms with van der Waals surface area (Å²) >= 11 is 0. The first-order valence-corrected chi connectivity index (χ1v) is 5.62. The molecule has 0 unspecified atom stereocenters. The molecule has 1 aromatic rings. The van der Waals surface area contributed by atoms with Gasteiger partial charge in [0.1, 0.15) is 5.75 Å². The lowest BCUT2D eigenvalue weighted by molar-refractivity contribution is 0.230. The SMILES string of the molecule is COc1cc(NC(=O)N(C)C)ccc1C(C)C. The first-order chi connectivity index (χ1) is 7.95. The molecule has 0 heterocycles. The molecular formula is C13H20N2O2. The summed E-state index contributed by atoms with van der Waals surface area (Å²) < 4.78 is 5.32. The van der Waals surface area contributed by atoms with E-state index in [1.165, 1.54) is 4.90 Å². The number of carbonyl (C=O) groups is 1. The number of nitrogens with one attached hydrogen (secondary N) is 1. The Kier molecular flexibility index (Phi) is 4.37. The molecule has 1 aromatic carbocycles. The van der Waals surface area contributed by atoms with Crippen molar-refractivity contribution in [2.24, 2.45) is 0 Å². The molecule has 0 spiro atoms. The van der Waals surface area contributed by atoms with Gasteiger partial charge in [0.25, 0.3) is 0 Å². The van der Waals surface area contributed by atoms with Crippen LogP contribution >= 0.6 is 0 Å². The van der Waals surface area contributed by atoms with Crippen LogP contribution in [0.15, 0.2) is 18.2 Å². The molecule has 0 aliphatic carbocycles. The first-order valence-electron chi connectivity index (χ1n) is 5.62. The summed E-state index contributed by atoms with van der Waals surface area (Å²) in [5, 5.41) is 2.79. The zero-order chi connectivity index (χ0) is 13.0. The van der Waals surface area contributed by atoms with Crippen molar-refractivity contribution in [1.29, 1.82) is 0 Å². The number of nitrogens with zero attached hydrogens (tertiary/aromatic N) is 1. The Bertz CT molecular complexity index is 400. The lowest BCUT2D eigenvalue weighted by atomic mass is 10.0. The standard InChI is InChI=1S/C13H20N2O2/c1-9(2)11-7-6-10(8-12(11)17-5)14-13(16)15(3)4/h6-9H,1-5H3,(H,14,16). The Morgan fingerprint density at radius 3 is 2.47 bits per heavy atom. The molecule has 94 valence electrons. The van der Waals surface area contributed by atoms with Gasteiger partial charge in [-0.25, -0.2) is 4.79 Å². The van der Waals surface area contributed by atoms with Gasteiger partial charge >= 0.3 is 6.03 Å². The van der Waals surface area contributed by atoms with Crippen molar-refractivity contribution in [3.63, 3.8) is 0 Å². The maximum atomic E-state index is 11.5. The first kappa shape index (κ1) is 13.4. The normalized spacial score (nSPS) is 10.2. The van der Waals surface area contributed by atoms with Crippen molar-refractivity contribution >= 4 is 11.7 Å². The third-order valence-corrected chi connectivity index (χ3v) is 2.51. The van der Waals surface area contributed by atoms with E-state index in [4.69, 9.17) is 4.74 Å². The lowest BCUT2D eigenvalue weighted by Gasteiger charge is -2.15. The second-order valence-electron chi connectivity index (χ2n) is 4.44. The van der Waals surface area contributed by atoms with Gasteiger partial charge in [0.05, 0.1) is 7.11 Å². The van der Waals surface area contributed by atoms with E-state index in [2.05, 4.69) is 19.2 Å². The van der Waals surface area contributed by atoms with E-state index >= 15 is 0 Å². The van der Waals surface area contributed by atoms with Crippen molar-refractivity contribution in [3.8, 4) is 5.75 Å². The molecule has 0 aliphatic heterocycles. The number of urea groups is 1. The number of benzene rings is 1. The van der Waals surface area contributed by atoms with Crippen LogP contribution in [-0.2, 0) is 0 Å². The Morgan fingerprint density at radius 2 is 2.00 bits per heavy atom. The Labute approximate surface area is 103 Å². The highest BCUT2D eigenvalue weighted by atomic mass is 16.5. The fourth-order valence-electron chi connectivity index (χ4n) is 1.50. The molecule has 1 rings (SSSR count). The monoisotopic (exact) mass is 236 g/mol. The number of methoxy groups -OCH3 is 1. The smallest absolute Gasteiger partial charge is 0.321 e. The van der Waals surface area contributed by atoms with Gasteiger partial charge in [-0.15, -0.1) is 0 Å². The molecule has 0 saturated carbocycles. The lowest BCUT2D eigenvalue weighted by Crippen LogP contribution is -2.27. The Morgan fingerprint density at radius 1 is 1.35 bits per heavy atom. The summed E-state index contributed by atoms with van der Waals surface area (Å²) in [5.74, 6) is 1.19. The zero-order valence-electron chi connectivity index (χ0n) is 11.1. The maximum Gasteiger partial charge on any atom is 0.321 e. The average Bonchev–Trinajstić information content (AvgIpc) is 2.28.